The smallest absolute Gasteiger partial charge is 0.184 e. The van der Waals surface area contributed by atoms with E-state index in [-0.39, 0.29) is 0 Å². The Bertz CT molecular complexity index is 499. The Hall–Kier alpha value is -0.390. The molecule has 0 unspecified atom stereocenters. The van der Waals surface area contributed by atoms with Gasteiger partial charge in [-0.2, -0.15) is 0 Å². The molecule has 1 fully saturated rings. The van der Waals surface area contributed by atoms with Crippen molar-refractivity contribution in [1.82, 2.24) is 5.32 Å². The first-order valence-electron chi connectivity index (χ1n) is 6.94. The molecule has 0 atom stereocenters. The Morgan fingerprint density at radius 3 is 2.53 bits per heavy atom. The number of thiophene rings is 1. The Morgan fingerprint density at radius 1 is 1.26 bits per heavy atom. The van der Waals surface area contributed by atoms with Crippen molar-refractivity contribution in [3.8, 4) is 0 Å². The zero-order valence-electron chi connectivity index (χ0n) is 11.7. The van der Waals surface area contributed by atoms with Gasteiger partial charge in [-0.15, -0.1) is 11.3 Å². The molecule has 0 aromatic carbocycles. The standard InChI is InChI=1S/C14H23NO2S2/c1-11-3-5-12(6-4-11)9-15-10-13-7-8-14(18-13)19(2,16)17/h7-8,11-12,15H,3-6,9-10H2,1-2H3. The van der Waals surface area contributed by atoms with Gasteiger partial charge in [0.25, 0.3) is 0 Å². The van der Waals surface area contributed by atoms with Gasteiger partial charge >= 0.3 is 0 Å². The predicted octanol–water partition coefficient (Wildman–Crippen LogP) is 3.07. The molecule has 5 heteroatoms. The van der Waals surface area contributed by atoms with E-state index in [1.807, 2.05) is 6.07 Å². The molecule has 0 spiro atoms. The van der Waals surface area contributed by atoms with Gasteiger partial charge in [0, 0.05) is 17.7 Å². The molecule has 1 aliphatic rings. The van der Waals surface area contributed by atoms with Crippen LogP contribution < -0.4 is 5.32 Å². The van der Waals surface area contributed by atoms with Gasteiger partial charge in [0.1, 0.15) is 4.21 Å². The van der Waals surface area contributed by atoms with Crippen molar-refractivity contribution >= 4 is 21.2 Å². The van der Waals surface area contributed by atoms with E-state index < -0.39 is 9.84 Å². The molecule has 3 nitrogen and oxygen atoms in total. The summed E-state index contributed by atoms with van der Waals surface area (Å²) in [7, 11) is -3.04. The van der Waals surface area contributed by atoms with E-state index in [2.05, 4.69) is 12.2 Å². The number of hydrogen-bond donors (Lipinski definition) is 1. The quantitative estimate of drug-likeness (QED) is 0.909. The fraction of sp³-hybridized carbons (Fsp3) is 0.714. The minimum Gasteiger partial charge on any atom is -0.312 e. The number of hydrogen-bond acceptors (Lipinski definition) is 4. The molecule has 1 aromatic heterocycles. The van der Waals surface area contributed by atoms with E-state index in [0.717, 1.165) is 29.8 Å². The zero-order valence-corrected chi connectivity index (χ0v) is 13.3. The first kappa shape index (κ1) is 15.0. The zero-order chi connectivity index (χ0) is 13.9. The van der Waals surface area contributed by atoms with Crippen LogP contribution in [-0.2, 0) is 16.4 Å². The van der Waals surface area contributed by atoms with Crippen LogP contribution in [0.25, 0.3) is 0 Å². The van der Waals surface area contributed by atoms with Crippen LogP contribution in [0.2, 0.25) is 0 Å². The van der Waals surface area contributed by atoms with Gasteiger partial charge in [0.2, 0.25) is 0 Å². The van der Waals surface area contributed by atoms with Crippen molar-refractivity contribution in [1.29, 1.82) is 0 Å². The molecule has 0 radical (unpaired) electrons. The molecule has 0 saturated heterocycles. The summed E-state index contributed by atoms with van der Waals surface area (Å²) in [4.78, 5) is 1.10. The van der Waals surface area contributed by atoms with Crippen LogP contribution in [0.3, 0.4) is 0 Å². The van der Waals surface area contributed by atoms with E-state index in [0.29, 0.717) is 4.21 Å². The summed E-state index contributed by atoms with van der Waals surface area (Å²) in [5, 5.41) is 3.47. The third kappa shape index (κ3) is 4.58. The maximum atomic E-state index is 11.4. The van der Waals surface area contributed by atoms with Crippen molar-refractivity contribution in [2.45, 2.75) is 43.4 Å². The van der Waals surface area contributed by atoms with Crippen molar-refractivity contribution in [2.24, 2.45) is 11.8 Å². The molecule has 1 aromatic rings. The molecule has 0 aliphatic heterocycles. The second-order valence-corrected chi connectivity index (χ2v) is 9.16. The minimum absolute atomic E-state index is 0.468. The average molecular weight is 301 g/mol. The van der Waals surface area contributed by atoms with Crippen LogP contribution in [0.4, 0.5) is 0 Å². The molecule has 0 bridgehead atoms. The van der Waals surface area contributed by atoms with E-state index in [4.69, 9.17) is 0 Å². The lowest BCUT2D eigenvalue weighted by Crippen LogP contribution is -2.25. The van der Waals surface area contributed by atoms with Crippen LogP contribution >= 0.6 is 11.3 Å². The lowest BCUT2D eigenvalue weighted by molar-refractivity contribution is 0.281. The molecular weight excluding hydrogens is 278 g/mol. The van der Waals surface area contributed by atoms with E-state index in [1.54, 1.807) is 6.07 Å². The summed E-state index contributed by atoms with van der Waals surface area (Å²) in [5.41, 5.74) is 0. The van der Waals surface area contributed by atoms with E-state index >= 15 is 0 Å². The number of rotatable bonds is 5. The lowest BCUT2D eigenvalue weighted by atomic mass is 9.83. The molecular formula is C14H23NO2S2. The minimum atomic E-state index is -3.04. The molecule has 0 amide bonds. The summed E-state index contributed by atoms with van der Waals surface area (Å²) in [6, 6.07) is 3.62. The van der Waals surface area contributed by atoms with Gasteiger partial charge in [-0.3, -0.25) is 0 Å². The summed E-state index contributed by atoms with van der Waals surface area (Å²) in [6.45, 7) is 4.17. The normalized spacial score (nSPS) is 24.5. The Morgan fingerprint density at radius 2 is 1.95 bits per heavy atom. The highest BCUT2D eigenvalue weighted by Gasteiger charge is 2.17. The van der Waals surface area contributed by atoms with Crippen LogP contribution in [0.5, 0.6) is 0 Å². The Balaban J connectivity index is 1.75. The fourth-order valence-corrected chi connectivity index (χ4v) is 4.53. The Labute approximate surface area is 120 Å². The molecule has 1 saturated carbocycles. The van der Waals surface area contributed by atoms with Gasteiger partial charge in [-0.25, -0.2) is 8.42 Å². The molecule has 2 rings (SSSR count). The average Bonchev–Trinajstić information content (AvgIpc) is 2.80. The second-order valence-electron chi connectivity index (χ2n) is 5.75. The predicted molar refractivity (Wildman–Crippen MR) is 80.3 cm³/mol. The SMILES string of the molecule is CC1CCC(CNCc2ccc(S(C)(=O)=O)s2)CC1. The maximum Gasteiger partial charge on any atom is 0.184 e. The largest absolute Gasteiger partial charge is 0.312 e. The summed E-state index contributed by atoms with van der Waals surface area (Å²) >= 11 is 1.38. The van der Waals surface area contributed by atoms with Crippen LogP contribution in [-0.4, -0.2) is 21.2 Å². The van der Waals surface area contributed by atoms with E-state index in [1.165, 1.54) is 43.3 Å². The van der Waals surface area contributed by atoms with Crippen LogP contribution in [0.15, 0.2) is 16.3 Å². The van der Waals surface area contributed by atoms with Crippen LogP contribution in [0, 0.1) is 11.8 Å². The third-order valence-corrected chi connectivity index (χ3v) is 6.78. The summed E-state index contributed by atoms with van der Waals surface area (Å²) in [5.74, 6) is 1.69. The maximum absolute atomic E-state index is 11.4. The molecule has 108 valence electrons. The third-order valence-electron chi connectivity index (χ3n) is 3.87. The second kappa shape index (κ2) is 6.37. The topological polar surface area (TPSA) is 46.2 Å². The highest BCUT2D eigenvalue weighted by molar-refractivity contribution is 7.92. The number of nitrogens with one attached hydrogen (secondary N) is 1. The van der Waals surface area contributed by atoms with Crippen molar-refractivity contribution in [3.63, 3.8) is 0 Å². The molecule has 1 heterocycles. The Kier molecular flexibility index (Phi) is 5.03. The lowest BCUT2D eigenvalue weighted by Gasteiger charge is -2.26. The van der Waals surface area contributed by atoms with Crippen LogP contribution in [0.1, 0.15) is 37.5 Å². The first-order valence-corrected chi connectivity index (χ1v) is 9.65. The monoisotopic (exact) mass is 301 g/mol. The summed E-state index contributed by atoms with van der Waals surface area (Å²) < 4.78 is 23.2. The fourth-order valence-electron chi connectivity index (χ4n) is 2.59. The molecule has 19 heavy (non-hydrogen) atoms. The first-order chi connectivity index (χ1) is 8.95. The highest BCUT2D eigenvalue weighted by atomic mass is 32.2. The van der Waals surface area contributed by atoms with Crippen molar-refractivity contribution in [3.05, 3.63) is 17.0 Å². The highest BCUT2D eigenvalue weighted by Crippen LogP contribution is 2.28. The van der Waals surface area contributed by atoms with Gasteiger partial charge in [0.05, 0.1) is 0 Å². The molecule has 1 aliphatic carbocycles. The van der Waals surface area contributed by atoms with Gasteiger partial charge in [-0.05, 0) is 43.4 Å². The van der Waals surface area contributed by atoms with Gasteiger partial charge < -0.3 is 5.32 Å². The van der Waals surface area contributed by atoms with Gasteiger partial charge in [0.15, 0.2) is 9.84 Å². The van der Waals surface area contributed by atoms with Crippen molar-refractivity contribution < 1.29 is 8.42 Å². The number of sulfone groups is 1. The van der Waals surface area contributed by atoms with Gasteiger partial charge in [-0.1, -0.05) is 19.8 Å². The molecule has 1 N–H and O–H groups in total. The van der Waals surface area contributed by atoms with Crippen molar-refractivity contribution in [2.75, 3.05) is 12.8 Å². The summed E-state index contributed by atoms with van der Waals surface area (Å²) in [6.07, 6.45) is 6.62. The van der Waals surface area contributed by atoms with E-state index in [9.17, 15) is 8.42 Å².